The van der Waals surface area contributed by atoms with E-state index in [2.05, 4.69) is 23.0 Å². The molecule has 1 atom stereocenters. The van der Waals surface area contributed by atoms with Gasteiger partial charge < -0.3 is 15.8 Å². The predicted octanol–water partition coefficient (Wildman–Crippen LogP) is 2.43. The smallest absolute Gasteiger partial charge is 0.173 e. The molecule has 0 aromatic carbocycles. The summed E-state index contributed by atoms with van der Waals surface area (Å²) in [4.78, 5) is 7.27. The Morgan fingerprint density at radius 3 is 3.05 bits per heavy atom. The van der Waals surface area contributed by atoms with Gasteiger partial charge in [0.25, 0.3) is 0 Å². The molecule has 5 nitrogen and oxygen atoms in total. The second-order valence-corrected chi connectivity index (χ2v) is 6.06. The molecule has 1 saturated heterocycles. The van der Waals surface area contributed by atoms with Crippen molar-refractivity contribution in [3.05, 3.63) is 22.9 Å². The van der Waals surface area contributed by atoms with Gasteiger partial charge in [-0.15, -0.1) is 0 Å². The lowest BCUT2D eigenvalue weighted by Gasteiger charge is -2.37. The quantitative estimate of drug-likeness (QED) is 0.388. The molecule has 0 spiro atoms. The first-order valence-corrected chi connectivity index (χ1v) is 8.02. The number of nitrogens with two attached hydrogens (primary N) is 1. The van der Waals surface area contributed by atoms with Gasteiger partial charge in [-0.25, -0.2) is 4.98 Å². The molecular formula is C16H24N4O. The Balaban J connectivity index is 2.07. The van der Waals surface area contributed by atoms with Gasteiger partial charge in [0.15, 0.2) is 5.84 Å². The summed E-state index contributed by atoms with van der Waals surface area (Å²) in [5, 5.41) is 12.3. The summed E-state index contributed by atoms with van der Waals surface area (Å²) in [6.07, 6.45) is 8.01. The Bertz CT molecular complexity index is 555. The van der Waals surface area contributed by atoms with E-state index in [9.17, 15) is 0 Å². The van der Waals surface area contributed by atoms with Crippen molar-refractivity contribution in [2.45, 2.75) is 57.9 Å². The molecule has 0 bridgehead atoms. The Hall–Kier alpha value is -1.78. The van der Waals surface area contributed by atoms with Gasteiger partial charge in [0.2, 0.25) is 0 Å². The maximum atomic E-state index is 9.10. The fourth-order valence-electron chi connectivity index (χ4n) is 3.63. The van der Waals surface area contributed by atoms with Crippen molar-refractivity contribution in [2.24, 2.45) is 10.9 Å². The molecule has 3 N–H and O–H groups in total. The number of pyridine rings is 1. The normalized spacial score (nSPS) is 22.4. The van der Waals surface area contributed by atoms with Gasteiger partial charge >= 0.3 is 0 Å². The van der Waals surface area contributed by atoms with Crippen LogP contribution < -0.4 is 10.6 Å². The molecule has 1 aromatic heterocycles. The Labute approximate surface area is 125 Å². The zero-order valence-corrected chi connectivity index (χ0v) is 12.7. The lowest BCUT2D eigenvalue weighted by molar-refractivity contribution is 0.318. The van der Waals surface area contributed by atoms with E-state index in [0.717, 1.165) is 43.6 Å². The van der Waals surface area contributed by atoms with Crippen molar-refractivity contribution >= 4 is 11.7 Å². The van der Waals surface area contributed by atoms with Crippen LogP contribution in [0, 0.1) is 0 Å². The number of amidine groups is 1. The van der Waals surface area contributed by atoms with Crippen LogP contribution in [0.25, 0.3) is 0 Å². The van der Waals surface area contributed by atoms with Crippen LogP contribution in [0.15, 0.2) is 11.2 Å². The van der Waals surface area contributed by atoms with Crippen molar-refractivity contribution in [1.82, 2.24) is 4.98 Å². The molecule has 1 fully saturated rings. The Morgan fingerprint density at radius 1 is 1.43 bits per heavy atom. The van der Waals surface area contributed by atoms with Crippen LogP contribution in [-0.2, 0) is 12.8 Å². The lowest BCUT2D eigenvalue weighted by Crippen LogP contribution is -2.41. The number of anilines is 1. The lowest BCUT2D eigenvalue weighted by atomic mass is 9.98. The van der Waals surface area contributed by atoms with E-state index < -0.39 is 0 Å². The van der Waals surface area contributed by atoms with Crippen molar-refractivity contribution in [3.8, 4) is 0 Å². The summed E-state index contributed by atoms with van der Waals surface area (Å²) in [5.41, 5.74) is 9.16. The number of fused-ring (bicyclic) bond motifs is 1. The average molecular weight is 288 g/mol. The van der Waals surface area contributed by atoms with E-state index in [-0.39, 0.29) is 5.84 Å². The van der Waals surface area contributed by atoms with Gasteiger partial charge in [0.05, 0.1) is 5.56 Å². The van der Waals surface area contributed by atoms with Crippen LogP contribution in [0.2, 0.25) is 0 Å². The van der Waals surface area contributed by atoms with E-state index in [1.165, 1.54) is 30.5 Å². The first-order chi connectivity index (χ1) is 10.2. The monoisotopic (exact) mass is 288 g/mol. The highest BCUT2D eigenvalue weighted by atomic mass is 16.4. The van der Waals surface area contributed by atoms with Crippen molar-refractivity contribution < 1.29 is 5.21 Å². The summed E-state index contributed by atoms with van der Waals surface area (Å²) in [7, 11) is 0. The fraction of sp³-hybridized carbons (Fsp3) is 0.625. The zero-order chi connectivity index (χ0) is 14.8. The molecule has 0 radical (unpaired) electrons. The topological polar surface area (TPSA) is 74.7 Å². The van der Waals surface area contributed by atoms with Gasteiger partial charge in [-0.05, 0) is 56.6 Å². The van der Waals surface area contributed by atoms with E-state index in [4.69, 9.17) is 15.9 Å². The molecular weight excluding hydrogens is 264 g/mol. The number of oxime groups is 1. The number of piperidine rings is 1. The Morgan fingerprint density at radius 2 is 2.29 bits per heavy atom. The second-order valence-electron chi connectivity index (χ2n) is 6.06. The molecule has 5 heteroatoms. The van der Waals surface area contributed by atoms with E-state index in [1.807, 2.05) is 0 Å². The molecule has 0 saturated carbocycles. The Kier molecular flexibility index (Phi) is 3.99. The molecule has 21 heavy (non-hydrogen) atoms. The second kappa shape index (κ2) is 5.92. The third-order valence-corrected chi connectivity index (χ3v) is 4.78. The molecule has 2 heterocycles. The van der Waals surface area contributed by atoms with Crippen LogP contribution in [0.4, 0.5) is 5.82 Å². The minimum atomic E-state index is 0.174. The van der Waals surface area contributed by atoms with Gasteiger partial charge in [-0.2, -0.15) is 0 Å². The highest BCUT2D eigenvalue weighted by Crippen LogP contribution is 2.31. The first kappa shape index (κ1) is 14.2. The number of hydrogen-bond donors (Lipinski definition) is 2. The van der Waals surface area contributed by atoms with Crippen LogP contribution in [0.3, 0.4) is 0 Å². The summed E-state index contributed by atoms with van der Waals surface area (Å²) in [6.45, 7) is 3.23. The van der Waals surface area contributed by atoms with Gasteiger partial charge in [0.1, 0.15) is 5.82 Å². The fourth-order valence-corrected chi connectivity index (χ4v) is 3.63. The number of aromatic nitrogens is 1. The molecule has 1 aliphatic carbocycles. The number of aryl methyl sites for hydroxylation is 2. The summed E-state index contributed by atoms with van der Waals surface area (Å²) >= 11 is 0. The van der Waals surface area contributed by atoms with Crippen molar-refractivity contribution in [2.75, 3.05) is 11.4 Å². The largest absolute Gasteiger partial charge is 0.409 e. The van der Waals surface area contributed by atoms with Gasteiger partial charge in [-0.3, -0.25) is 0 Å². The maximum absolute atomic E-state index is 9.10. The van der Waals surface area contributed by atoms with Crippen molar-refractivity contribution in [1.29, 1.82) is 0 Å². The summed E-state index contributed by atoms with van der Waals surface area (Å²) in [6, 6.07) is 2.59. The van der Waals surface area contributed by atoms with Gasteiger partial charge in [0, 0.05) is 18.3 Å². The zero-order valence-electron chi connectivity index (χ0n) is 12.7. The number of rotatable bonds is 3. The minimum absolute atomic E-state index is 0.174. The van der Waals surface area contributed by atoms with Crippen LogP contribution >= 0.6 is 0 Å². The van der Waals surface area contributed by atoms with Crippen LogP contribution in [0.5, 0.6) is 0 Å². The summed E-state index contributed by atoms with van der Waals surface area (Å²) in [5.74, 6) is 1.09. The molecule has 1 unspecified atom stereocenters. The SMILES string of the molecule is CCC1CCCCN1c1nc2c(cc1C(N)=NO)CCC2. The molecule has 1 aromatic rings. The molecule has 0 amide bonds. The van der Waals surface area contributed by atoms with Gasteiger partial charge in [-0.1, -0.05) is 12.1 Å². The van der Waals surface area contributed by atoms with E-state index in [0.29, 0.717) is 6.04 Å². The van der Waals surface area contributed by atoms with Crippen LogP contribution in [-0.4, -0.2) is 28.6 Å². The number of nitrogens with zero attached hydrogens (tertiary/aromatic N) is 3. The van der Waals surface area contributed by atoms with Crippen molar-refractivity contribution in [3.63, 3.8) is 0 Å². The highest BCUT2D eigenvalue weighted by Gasteiger charge is 2.27. The van der Waals surface area contributed by atoms with Crippen LogP contribution in [0.1, 0.15) is 55.8 Å². The first-order valence-electron chi connectivity index (χ1n) is 8.02. The molecule has 114 valence electrons. The van der Waals surface area contributed by atoms with E-state index in [1.54, 1.807) is 0 Å². The third-order valence-electron chi connectivity index (χ3n) is 4.78. The van der Waals surface area contributed by atoms with E-state index >= 15 is 0 Å². The predicted molar refractivity (Wildman–Crippen MR) is 84.0 cm³/mol. The average Bonchev–Trinajstić information content (AvgIpc) is 3.00. The molecule has 1 aliphatic heterocycles. The third kappa shape index (κ3) is 2.57. The standard InChI is InChI=1S/C16H24N4O/c1-2-12-7-3-4-9-20(12)16-13(15(17)19-21)10-11-6-5-8-14(11)18-16/h10,12,21H,2-9H2,1H3,(H2,17,19). The molecule has 3 rings (SSSR count). The summed E-state index contributed by atoms with van der Waals surface area (Å²) < 4.78 is 0. The minimum Gasteiger partial charge on any atom is -0.409 e. The number of hydrogen-bond acceptors (Lipinski definition) is 4. The molecule has 2 aliphatic rings. The highest BCUT2D eigenvalue weighted by molar-refractivity contribution is 6.01. The maximum Gasteiger partial charge on any atom is 0.173 e.